The van der Waals surface area contributed by atoms with Gasteiger partial charge in [-0.2, -0.15) is 4.98 Å². The first-order valence-electron chi connectivity index (χ1n) is 8.90. The second kappa shape index (κ2) is 7.53. The lowest BCUT2D eigenvalue weighted by molar-refractivity contribution is 0.572. The van der Waals surface area contributed by atoms with Crippen molar-refractivity contribution in [2.75, 3.05) is 23.7 Å². The molecule has 7 heteroatoms. The van der Waals surface area contributed by atoms with Crippen LogP contribution in [0.1, 0.15) is 30.7 Å². The van der Waals surface area contributed by atoms with E-state index in [-0.39, 0.29) is 0 Å². The zero-order valence-corrected chi connectivity index (χ0v) is 14.5. The minimum absolute atomic E-state index is 0.581. The first-order valence-corrected chi connectivity index (χ1v) is 8.90. The van der Waals surface area contributed by atoms with Gasteiger partial charge in [-0.05, 0) is 56.0 Å². The first kappa shape index (κ1) is 16.5. The number of nitrogens with two attached hydrogens (primary N) is 1. The summed E-state index contributed by atoms with van der Waals surface area (Å²) < 4.78 is 5.31. The fraction of sp³-hybridized carbons (Fsp3) is 0.316. The number of nitrogens with one attached hydrogen (secondary N) is 2. The number of aromatic nitrogens is 3. The third-order valence-corrected chi connectivity index (χ3v) is 4.37. The Morgan fingerprint density at radius 2 is 2.00 bits per heavy atom. The highest BCUT2D eigenvalue weighted by Crippen LogP contribution is 2.42. The molecule has 1 aromatic carbocycles. The molecule has 0 atom stereocenters. The van der Waals surface area contributed by atoms with Crippen LogP contribution in [-0.4, -0.2) is 28.0 Å². The predicted molar refractivity (Wildman–Crippen MR) is 101 cm³/mol. The molecule has 7 nitrogen and oxygen atoms in total. The standard InChI is InChI=1S/C19H22N6O/c20-8-1-9-22-18-16(13-2-3-13)10-23-19(25-18)24-15-6-4-14(5-7-15)17-11-21-12-26-17/h4-7,10-13H,1-3,8-9,20H2,(H2,22,23,24,25). The average molecular weight is 350 g/mol. The summed E-state index contributed by atoms with van der Waals surface area (Å²) in [5.74, 6) is 2.83. The highest BCUT2D eigenvalue weighted by atomic mass is 16.3. The molecule has 0 bridgehead atoms. The molecule has 26 heavy (non-hydrogen) atoms. The summed E-state index contributed by atoms with van der Waals surface area (Å²) in [5.41, 5.74) is 8.68. The summed E-state index contributed by atoms with van der Waals surface area (Å²) >= 11 is 0. The van der Waals surface area contributed by atoms with Crippen LogP contribution in [-0.2, 0) is 0 Å². The Hall–Kier alpha value is -2.93. The Morgan fingerprint density at radius 1 is 1.15 bits per heavy atom. The molecule has 0 amide bonds. The van der Waals surface area contributed by atoms with Gasteiger partial charge >= 0.3 is 0 Å². The second-order valence-electron chi connectivity index (χ2n) is 6.41. The van der Waals surface area contributed by atoms with Crippen LogP contribution in [0, 0.1) is 0 Å². The summed E-state index contributed by atoms with van der Waals surface area (Å²) in [5, 5.41) is 6.66. The number of nitrogens with zero attached hydrogens (tertiary/aromatic N) is 3. The minimum Gasteiger partial charge on any atom is -0.444 e. The molecule has 1 fully saturated rings. The maximum Gasteiger partial charge on any atom is 0.229 e. The molecule has 134 valence electrons. The van der Waals surface area contributed by atoms with E-state index in [1.807, 2.05) is 30.5 Å². The predicted octanol–water partition coefficient (Wildman–Crippen LogP) is 3.51. The van der Waals surface area contributed by atoms with Crippen LogP contribution in [0.3, 0.4) is 0 Å². The summed E-state index contributed by atoms with van der Waals surface area (Å²) in [6.07, 6.45) is 8.40. The zero-order valence-electron chi connectivity index (χ0n) is 14.5. The van der Waals surface area contributed by atoms with Crippen molar-refractivity contribution in [3.63, 3.8) is 0 Å². The van der Waals surface area contributed by atoms with Gasteiger partial charge in [0, 0.05) is 29.6 Å². The van der Waals surface area contributed by atoms with Crippen molar-refractivity contribution >= 4 is 17.5 Å². The van der Waals surface area contributed by atoms with Gasteiger partial charge < -0.3 is 20.8 Å². The fourth-order valence-corrected chi connectivity index (χ4v) is 2.80. The van der Waals surface area contributed by atoms with E-state index in [9.17, 15) is 0 Å². The Labute approximate surface area is 152 Å². The smallest absolute Gasteiger partial charge is 0.229 e. The maximum atomic E-state index is 5.59. The SMILES string of the molecule is NCCCNc1nc(Nc2ccc(-c3cnco3)cc2)ncc1C1CC1. The van der Waals surface area contributed by atoms with E-state index >= 15 is 0 Å². The molecule has 4 rings (SSSR count). The van der Waals surface area contributed by atoms with Crippen LogP contribution in [0.5, 0.6) is 0 Å². The molecule has 2 aromatic heterocycles. The van der Waals surface area contributed by atoms with Gasteiger partial charge in [0.15, 0.2) is 12.2 Å². The highest BCUT2D eigenvalue weighted by Gasteiger charge is 2.27. The highest BCUT2D eigenvalue weighted by molar-refractivity contribution is 5.63. The van der Waals surface area contributed by atoms with Gasteiger partial charge in [0.1, 0.15) is 5.82 Å². The van der Waals surface area contributed by atoms with Gasteiger partial charge in [0.25, 0.3) is 0 Å². The van der Waals surface area contributed by atoms with Crippen LogP contribution in [0.4, 0.5) is 17.5 Å². The molecular formula is C19H22N6O. The average Bonchev–Trinajstić information content (AvgIpc) is 3.36. The number of rotatable bonds is 8. The van der Waals surface area contributed by atoms with Crippen LogP contribution in [0.15, 0.2) is 47.5 Å². The molecule has 3 aromatic rings. The van der Waals surface area contributed by atoms with Crippen molar-refractivity contribution in [3.05, 3.63) is 48.6 Å². The molecule has 0 aliphatic heterocycles. The molecule has 1 aliphatic carbocycles. The van der Waals surface area contributed by atoms with E-state index in [2.05, 4.69) is 25.6 Å². The first-order chi connectivity index (χ1) is 12.8. The second-order valence-corrected chi connectivity index (χ2v) is 6.41. The van der Waals surface area contributed by atoms with Crippen molar-refractivity contribution in [2.24, 2.45) is 5.73 Å². The van der Waals surface area contributed by atoms with Crippen LogP contribution >= 0.6 is 0 Å². The minimum atomic E-state index is 0.581. The molecule has 0 radical (unpaired) electrons. The molecule has 4 N–H and O–H groups in total. The van der Waals surface area contributed by atoms with Crippen LogP contribution in [0.25, 0.3) is 11.3 Å². The topological polar surface area (TPSA) is 102 Å². The Balaban J connectivity index is 1.49. The van der Waals surface area contributed by atoms with Crippen LogP contribution < -0.4 is 16.4 Å². The molecule has 0 unspecified atom stereocenters. The molecular weight excluding hydrogens is 328 g/mol. The maximum absolute atomic E-state index is 5.59. The Kier molecular flexibility index (Phi) is 4.79. The summed E-state index contributed by atoms with van der Waals surface area (Å²) in [7, 11) is 0. The van der Waals surface area contributed by atoms with Gasteiger partial charge in [-0.15, -0.1) is 0 Å². The fourth-order valence-electron chi connectivity index (χ4n) is 2.80. The molecule has 1 saturated carbocycles. The monoisotopic (exact) mass is 350 g/mol. The van der Waals surface area contributed by atoms with Crippen molar-refractivity contribution in [1.82, 2.24) is 15.0 Å². The zero-order chi connectivity index (χ0) is 17.8. The van der Waals surface area contributed by atoms with E-state index in [1.54, 1.807) is 6.20 Å². The van der Waals surface area contributed by atoms with E-state index in [1.165, 1.54) is 24.8 Å². The van der Waals surface area contributed by atoms with Gasteiger partial charge in [-0.1, -0.05) is 0 Å². The number of benzene rings is 1. The molecule has 0 saturated heterocycles. The summed E-state index contributed by atoms with van der Waals surface area (Å²) in [4.78, 5) is 13.1. The largest absolute Gasteiger partial charge is 0.444 e. The van der Waals surface area contributed by atoms with Crippen molar-refractivity contribution < 1.29 is 4.42 Å². The lowest BCUT2D eigenvalue weighted by Crippen LogP contribution is -2.12. The van der Waals surface area contributed by atoms with Gasteiger partial charge in [0.05, 0.1) is 6.20 Å². The number of hydrogen-bond acceptors (Lipinski definition) is 7. The van der Waals surface area contributed by atoms with Crippen molar-refractivity contribution in [2.45, 2.75) is 25.2 Å². The van der Waals surface area contributed by atoms with Crippen molar-refractivity contribution in [1.29, 1.82) is 0 Å². The lowest BCUT2D eigenvalue weighted by Gasteiger charge is -2.12. The Bertz CT molecular complexity index is 843. The van der Waals surface area contributed by atoms with Gasteiger partial charge in [-0.3, -0.25) is 0 Å². The van der Waals surface area contributed by atoms with Crippen LogP contribution in [0.2, 0.25) is 0 Å². The van der Waals surface area contributed by atoms with E-state index in [0.29, 0.717) is 18.4 Å². The Morgan fingerprint density at radius 3 is 2.69 bits per heavy atom. The van der Waals surface area contributed by atoms with Gasteiger partial charge in [0.2, 0.25) is 5.95 Å². The van der Waals surface area contributed by atoms with E-state index < -0.39 is 0 Å². The van der Waals surface area contributed by atoms with Gasteiger partial charge in [-0.25, -0.2) is 9.97 Å². The third-order valence-electron chi connectivity index (χ3n) is 4.37. The molecule has 2 heterocycles. The quantitative estimate of drug-likeness (QED) is 0.534. The summed E-state index contributed by atoms with van der Waals surface area (Å²) in [6, 6.07) is 7.89. The number of hydrogen-bond donors (Lipinski definition) is 3. The van der Waals surface area contributed by atoms with E-state index in [0.717, 1.165) is 35.8 Å². The molecule has 1 aliphatic rings. The summed E-state index contributed by atoms with van der Waals surface area (Å²) in [6.45, 7) is 1.48. The normalized spacial score (nSPS) is 13.6. The lowest BCUT2D eigenvalue weighted by atomic mass is 10.2. The number of anilines is 3. The van der Waals surface area contributed by atoms with Crippen molar-refractivity contribution in [3.8, 4) is 11.3 Å². The molecule has 0 spiro atoms. The third kappa shape index (κ3) is 3.83. The van der Waals surface area contributed by atoms with E-state index in [4.69, 9.17) is 10.2 Å². The number of oxazole rings is 1.